The van der Waals surface area contributed by atoms with Gasteiger partial charge in [-0.1, -0.05) is 15.9 Å². The Morgan fingerprint density at radius 1 is 1.31 bits per heavy atom. The second-order valence-corrected chi connectivity index (χ2v) is 8.07. The number of nitriles is 1. The highest BCUT2D eigenvalue weighted by atomic mass is 79.9. The topological polar surface area (TPSA) is 82.9 Å². The number of nitrogens with zero attached hydrogens (tertiary/aromatic N) is 3. The van der Waals surface area contributed by atoms with Crippen molar-refractivity contribution in [2.75, 3.05) is 13.8 Å². The summed E-state index contributed by atoms with van der Waals surface area (Å²) in [5.74, 6) is 0.803. The number of rotatable bonds is 1. The number of carbonyl (C=O) groups is 2. The fourth-order valence-corrected chi connectivity index (χ4v) is 4.71. The van der Waals surface area contributed by atoms with Gasteiger partial charge in [-0.15, -0.1) is 0 Å². The van der Waals surface area contributed by atoms with E-state index in [0.29, 0.717) is 17.1 Å². The van der Waals surface area contributed by atoms with Crippen LogP contribution >= 0.6 is 15.9 Å². The average Bonchev–Trinajstić information content (AvgIpc) is 3.21. The van der Waals surface area contributed by atoms with Crippen molar-refractivity contribution >= 4 is 27.7 Å². The molecular weight excluding hydrogens is 402 g/mol. The van der Waals surface area contributed by atoms with Gasteiger partial charge < -0.3 is 19.3 Å². The summed E-state index contributed by atoms with van der Waals surface area (Å²) in [5, 5.41) is 9.95. The molecule has 1 aromatic rings. The van der Waals surface area contributed by atoms with Gasteiger partial charge in [0, 0.05) is 17.1 Å². The molecule has 3 aliphatic heterocycles. The van der Waals surface area contributed by atoms with Gasteiger partial charge in [0.1, 0.15) is 12.1 Å². The van der Waals surface area contributed by atoms with E-state index in [1.807, 2.05) is 6.07 Å². The Kier molecular flexibility index (Phi) is 3.70. The predicted molar refractivity (Wildman–Crippen MR) is 94.2 cm³/mol. The van der Waals surface area contributed by atoms with Crippen molar-refractivity contribution in [3.05, 3.63) is 22.2 Å². The van der Waals surface area contributed by atoms with E-state index in [1.165, 1.54) is 4.90 Å². The molecule has 26 heavy (non-hydrogen) atoms. The molecule has 8 heteroatoms. The van der Waals surface area contributed by atoms with Gasteiger partial charge in [0.2, 0.25) is 18.6 Å². The number of hydrogen-bond acceptors (Lipinski definition) is 5. The van der Waals surface area contributed by atoms with Crippen molar-refractivity contribution in [2.24, 2.45) is 5.41 Å². The molecule has 136 valence electrons. The molecular formula is C18H18BrN3O4. The zero-order valence-corrected chi connectivity index (χ0v) is 16.2. The molecule has 2 amide bonds. The third-order valence-electron chi connectivity index (χ3n) is 5.71. The zero-order valence-electron chi connectivity index (χ0n) is 14.7. The third-order valence-corrected chi connectivity index (χ3v) is 6.41. The van der Waals surface area contributed by atoms with Gasteiger partial charge in [0.25, 0.3) is 0 Å². The molecule has 0 bridgehead atoms. The number of piperazine rings is 1. The summed E-state index contributed by atoms with van der Waals surface area (Å²) in [4.78, 5) is 29.0. The van der Waals surface area contributed by atoms with Crippen LogP contribution in [0.15, 0.2) is 16.6 Å². The molecule has 0 saturated carbocycles. The Bertz CT molecular complexity index is 867. The maximum atomic E-state index is 13.1. The van der Waals surface area contributed by atoms with Gasteiger partial charge in [-0.05, 0) is 32.4 Å². The summed E-state index contributed by atoms with van der Waals surface area (Å²) < 4.78 is 11.9. The molecule has 4 atom stereocenters. The highest BCUT2D eigenvalue weighted by Crippen LogP contribution is 2.57. The van der Waals surface area contributed by atoms with E-state index in [2.05, 4.69) is 22.0 Å². The molecule has 3 aliphatic rings. The van der Waals surface area contributed by atoms with Crippen molar-refractivity contribution in [3.8, 4) is 17.6 Å². The number of halogens is 1. The Labute approximate surface area is 159 Å². The number of fused-ring (bicyclic) bond motifs is 2. The molecule has 0 aromatic heterocycles. The normalized spacial score (nSPS) is 32.7. The van der Waals surface area contributed by atoms with Gasteiger partial charge in [0.05, 0.1) is 17.5 Å². The molecule has 2 fully saturated rings. The number of benzene rings is 1. The summed E-state index contributed by atoms with van der Waals surface area (Å²) in [6, 6.07) is 4.13. The Morgan fingerprint density at radius 3 is 2.73 bits per heavy atom. The van der Waals surface area contributed by atoms with E-state index >= 15 is 0 Å². The van der Waals surface area contributed by atoms with Crippen LogP contribution in [0.2, 0.25) is 0 Å². The van der Waals surface area contributed by atoms with E-state index in [4.69, 9.17) is 9.47 Å². The molecule has 0 spiro atoms. The van der Waals surface area contributed by atoms with Gasteiger partial charge in [-0.2, -0.15) is 5.26 Å². The average molecular weight is 420 g/mol. The van der Waals surface area contributed by atoms with E-state index in [1.54, 1.807) is 31.9 Å². The maximum Gasteiger partial charge on any atom is 0.246 e. The van der Waals surface area contributed by atoms with Crippen molar-refractivity contribution in [1.82, 2.24) is 9.80 Å². The van der Waals surface area contributed by atoms with Crippen LogP contribution in [0.5, 0.6) is 11.5 Å². The van der Waals surface area contributed by atoms with E-state index in [-0.39, 0.29) is 25.0 Å². The molecule has 0 aliphatic carbocycles. The number of ether oxygens (including phenoxy) is 2. The lowest BCUT2D eigenvalue weighted by molar-refractivity contribution is -0.159. The number of likely N-dealkylation sites (N-methyl/N-ethyl adjacent to an activating group) is 1. The summed E-state index contributed by atoms with van der Waals surface area (Å²) in [5.41, 5.74) is -0.241. The summed E-state index contributed by atoms with van der Waals surface area (Å²) in [7, 11) is 1.63. The predicted octanol–water partition coefficient (Wildman–Crippen LogP) is 2.21. The minimum absolute atomic E-state index is 0.0875. The Morgan fingerprint density at radius 2 is 2.04 bits per heavy atom. The number of carbonyl (C=O) groups excluding carboxylic acids is 2. The first kappa shape index (κ1) is 17.2. The maximum absolute atomic E-state index is 13.1. The van der Waals surface area contributed by atoms with Gasteiger partial charge in [0.15, 0.2) is 11.5 Å². The molecule has 4 rings (SSSR count). The van der Waals surface area contributed by atoms with Crippen molar-refractivity contribution in [1.29, 1.82) is 5.26 Å². The first-order valence-corrected chi connectivity index (χ1v) is 9.17. The van der Waals surface area contributed by atoms with E-state index < -0.39 is 23.5 Å². The molecule has 0 radical (unpaired) electrons. The monoisotopic (exact) mass is 419 g/mol. The lowest BCUT2D eigenvalue weighted by atomic mass is 9.79. The van der Waals surface area contributed by atoms with Crippen LogP contribution in [0, 0.1) is 16.7 Å². The van der Waals surface area contributed by atoms with E-state index in [9.17, 15) is 14.9 Å². The van der Waals surface area contributed by atoms with Crippen LogP contribution < -0.4 is 9.47 Å². The molecule has 3 heterocycles. The highest BCUT2D eigenvalue weighted by Gasteiger charge is 2.60. The molecule has 2 saturated heterocycles. The van der Waals surface area contributed by atoms with Crippen LogP contribution in [0.4, 0.5) is 0 Å². The standard InChI is InChI=1S/C18H18BrN3O4/c1-9-16(23)22-11(17(24)21(9)3)6-18(2,7-20)15(22)13-10(19)4-5-12-14(13)26-8-25-12/h4-5,9,11,15H,6,8H2,1-3H3/t9?,11?,15-,18+/m0/s1. The smallest absolute Gasteiger partial charge is 0.246 e. The fourth-order valence-electron chi connectivity index (χ4n) is 4.18. The van der Waals surface area contributed by atoms with Gasteiger partial charge in [-0.25, -0.2) is 0 Å². The molecule has 1 aromatic carbocycles. The Balaban J connectivity index is 1.93. The van der Waals surface area contributed by atoms with Crippen LogP contribution in [0.25, 0.3) is 0 Å². The second-order valence-electron chi connectivity index (χ2n) is 7.22. The first-order valence-electron chi connectivity index (χ1n) is 8.38. The lowest BCUT2D eigenvalue weighted by Gasteiger charge is -2.42. The SMILES string of the molecule is CC1C(=O)N2C(C[C@](C)(C#N)[C@@H]2c2c(Br)ccc3c2OCO3)C(=O)N1C. The molecule has 0 N–H and O–H groups in total. The van der Waals surface area contributed by atoms with Crippen molar-refractivity contribution in [3.63, 3.8) is 0 Å². The quantitative estimate of drug-likeness (QED) is 0.696. The van der Waals surface area contributed by atoms with Crippen LogP contribution in [0.1, 0.15) is 31.9 Å². The first-order chi connectivity index (χ1) is 12.3. The minimum Gasteiger partial charge on any atom is -0.454 e. The van der Waals surface area contributed by atoms with E-state index in [0.717, 1.165) is 4.47 Å². The van der Waals surface area contributed by atoms with Crippen molar-refractivity contribution in [2.45, 2.75) is 38.4 Å². The van der Waals surface area contributed by atoms with Crippen LogP contribution in [0.3, 0.4) is 0 Å². The largest absolute Gasteiger partial charge is 0.454 e. The van der Waals surface area contributed by atoms with Crippen molar-refractivity contribution < 1.29 is 19.1 Å². The van der Waals surface area contributed by atoms with Gasteiger partial charge >= 0.3 is 0 Å². The number of hydrogen-bond donors (Lipinski definition) is 0. The van der Waals surface area contributed by atoms with Crippen LogP contribution in [-0.2, 0) is 9.59 Å². The summed E-state index contributed by atoms with van der Waals surface area (Å²) >= 11 is 3.54. The zero-order chi connectivity index (χ0) is 18.8. The summed E-state index contributed by atoms with van der Waals surface area (Å²) in [6.07, 6.45) is 0.284. The summed E-state index contributed by atoms with van der Waals surface area (Å²) in [6.45, 7) is 3.59. The highest BCUT2D eigenvalue weighted by molar-refractivity contribution is 9.10. The lowest BCUT2D eigenvalue weighted by Crippen LogP contribution is -2.60. The minimum atomic E-state index is -0.926. The third kappa shape index (κ3) is 2.10. The Hall–Kier alpha value is -2.27. The number of amides is 2. The van der Waals surface area contributed by atoms with Crippen LogP contribution in [-0.4, -0.2) is 47.5 Å². The fraction of sp³-hybridized carbons (Fsp3) is 0.500. The van der Waals surface area contributed by atoms with Gasteiger partial charge in [-0.3, -0.25) is 9.59 Å². The molecule has 7 nitrogen and oxygen atoms in total. The second kappa shape index (κ2) is 5.61. The molecule has 2 unspecified atom stereocenters.